The summed E-state index contributed by atoms with van der Waals surface area (Å²) in [4.78, 5) is 14.3. The van der Waals surface area contributed by atoms with Crippen molar-refractivity contribution in [2.45, 2.75) is 58.3 Å². The van der Waals surface area contributed by atoms with Crippen LogP contribution >= 0.6 is 0 Å². The molecule has 1 saturated heterocycles. The molecule has 1 amide bonds. The zero-order valence-corrected chi connectivity index (χ0v) is 13.2. The van der Waals surface area contributed by atoms with Gasteiger partial charge in [0.15, 0.2) is 0 Å². The van der Waals surface area contributed by atoms with E-state index in [-0.39, 0.29) is 5.91 Å². The van der Waals surface area contributed by atoms with Crippen LogP contribution in [-0.2, 0) is 4.79 Å². The number of amides is 1. The third-order valence-electron chi connectivity index (χ3n) is 4.38. The molecular formula is C16H33N3O. The van der Waals surface area contributed by atoms with Crippen LogP contribution in [0.4, 0.5) is 0 Å². The number of rotatable bonds is 9. The lowest BCUT2D eigenvalue weighted by atomic mass is 9.96. The average molecular weight is 283 g/mol. The summed E-state index contributed by atoms with van der Waals surface area (Å²) >= 11 is 0. The van der Waals surface area contributed by atoms with Gasteiger partial charge in [0.1, 0.15) is 0 Å². The highest BCUT2D eigenvalue weighted by molar-refractivity contribution is 5.75. The van der Waals surface area contributed by atoms with E-state index in [2.05, 4.69) is 17.1 Å². The van der Waals surface area contributed by atoms with Gasteiger partial charge in [-0.15, -0.1) is 0 Å². The fourth-order valence-corrected chi connectivity index (χ4v) is 2.93. The maximum atomic E-state index is 11.8. The number of nitrogens with two attached hydrogens (primary N) is 1. The smallest absolute Gasteiger partial charge is 0.220 e. The molecule has 1 aliphatic rings. The lowest BCUT2D eigenvalue weighted by Crippen LogP contribution is -2.35. The number of hydrogen-bond acceptors (Lipinski definition) is 3. The lowest BCUT2D eigenvalue weighted by molar-refractivity contribution is -0.121. The molecule has 0 saturated carbocycles. The van der Waals surface area contributed by atoms with Crippen LogP contribution in [0.2, 0.25) is 0 Å². The summed E-state index contributed by atoms with van der Waals surface area (Å²) in [5.41, 5.74) is 5.58. The SMILES string of the molecule is CCC(CCN)CCC(=O)NCCN1CCCCCC1. The fraction of sp³-hybridized carbons (Fsp3) is 0.938. The van der Waals surface area contributed by atoms with Crippen molar-refractivity contribution >= 4 is 5.91 Å². The van der Waals surface area contributed by atoms with Crippen molar-refractivity contribution in [2.75, 3.05) is 32.7 Å². The Morgan fingerprint density at radius 2 is 1.90 bits per heavy atom. The summed E-state index contributed by atoms with van der Waals surface area (Å²) in [5.74, 6) is 0.812. The van der Waals surface area contributed by atoms with E-state index >= 15 is 0 Å². The summed E-state index contributed by atoms with van der Waals surface area (Å²) in [5, 5.41) is 3.06. The van der Waals surface area contributed by atoms with E-state index in [1.54, 1.807) is 0 Å². The highest BCUT2D eigenvalue weighted by atomic mass is 16.1. The molecule has 0 aliphatic carbocycles. The molecule has 0 aromatic heterocycles. The molecule has 1 rings (SSSR count). The minimum atomic E-state index is 0.204. The van der Waals surface area contributed by atoms with Crippen molar-refractivity contribution in [3.63, 3.8) is 0 Å². The van der Waals surface area contributed by atoms with E-state index in [1.165, 1.54) is 38.8 Å². The Bertz CT molecular complexity index is 250. The molecule has 1 aliphatic heterocycles. The van der Waals surface area contributed by atoms with Crippen molar-refractivity contribution in [3.05, 3.63) is 0 Å². The minimum Gasteiger partial charge on any atom is -0.355 e. The van der Waals surface area contributed by atoms with Gasteiger partial charge in [-0.1, -0.05) is 26.2 Å². The monoisotopic (exact) mass is 283 g/mol. The fourth-order valence-electron chi connectivity index (χ4n) is 2.93. The molecule has 1 fully saturated rings. The Kier molecular flexibility index (Phi) is 9.67. The van der Waals surface area contributed by atoms with Gasteiger partial charge < -0.3 is 16.0 Å². The third kappa shape index (κ3) is 7.85. The molecule has 3 N–H and O–H groups in total. The van der Waals surface area contributed by atoms with Crippen LogP contribution in [0.1, 0.15) is 58.3 Å². The normalized spacial score (nSPS) is 18.5. The molecule has 20 heavy (non-hydrogen) atoms. The largest absolute Gasteiger partial charge is 0.355 e. The van der Waals surface area contributed by atoms with Crippen LogP contribution in [0, 0.1) is 5.92 Å². The number of hydrogen-bond donors (Lipinski definition) is 2. The van der Waals surface area contributed by atoms with Gasteiger partial charge in [0.2, 0.25) is 5.91 Å². The topological polar surface area (TPSA) is 58.4 Å². The second-order valence-electron chi connectivity index (χ2n) is 6.00. The molecular weight excluding hydrogens is 250 g/mol. The van der Waals surface area contributed by atoms with Crippen molar-refractivity contribution in [1.82, 2.24) is 10.2 Å². The van der Waals surface area contributed by atoms with Gasteiger partial charge in [0.25, 0.3) is 0 Å². The summed E-state index contributed by atoms with van der Waals surface area (Å²) in [6.07, 6.45) is 9.14. The van der Waals surface area contributed by atoms with Crippen molar-refractivity contribution < 1.29 is 4.79 Å². The van der Waals surface area contributed by atoms with Crippen molar-refractivity contribution in [1.29, 1.82) is 0 Å². The van der Waals surface area contributed by atoms with E-state index in [1.807, 2.05) is 0 Å². The van der Waals surface area contributed by atoms with E-state index in [9.17, 15) is 4.79 Å². The van der Waals surface area contributed by atoms with Gasteiger partial charge in [-0.25, -0.2) is 0 Å². The average Bonchev–Trinajstić information content (AvgIpc) is 2.72. The van der Waals surface area contributed by atoms with Crippen LogP contribution in [0.15, 0.2) is 0 Å². The first-order chi connectivity index (χ1) is 9.76. The molecule has 1 heterocycles. The second-order valence-corrected chi connectivity index (χ2v) is 6.00. The van der Waals surface area contributed by atoms with Crippen molar-refractivity contribution in [3.8, 4) is 0 Å². The number of nitrogens with zero attached hydrogens (tertiary/aromatic N) is 1. The third-order valence-corrected chi connectivity index (χ3v) is 4.38. The lowest BCUT2D eigenvalue weighted by Gasteiger charge is -2.20. The molecule has 0 spiro atoms. The number of carbonyl (C=O) groups is 1. The van der Waals surface area contributed by atoms with E-state index < -0.39 is 0 Å². The van der Waals surface area contributed by atoms with Gasteiger partial charge >= 0.3 is 0 Å². The van der Waals surface area contributed by atoms with E-state index in [0.717, 1.165) is 38.9 Å². The summed E-state index contributed by atoms with van der Waals surface area (Å²) in [7, 11) is 0. The van der Waals surface area contributed by atoms with Crippen LogP contribution < -0.4 is 11.1 Å². The quantitative estimate of drug-likeness (QED) is 0.681. The van der Waals surface area contributed by atoms with Gasteiger partial charge in [0, 0.05) is 19.5 Å². The van der Waals surface area contributed by atoms with Crippen LogP contribution in [0.25, 0.3) is 0 Å². The molecule has 1 unspecified atom stereocenters. The molecule has 0 aromatic rings. The Labute approximate surface area is 124 Å². The zero-order chi connectivity index (χ0) is 14.6. The molecule has 0 aromatic carbocycles. The Balaban J connectivity index is 2.06. The second kappa shape index (κ2) is 11.1. The van der Waals surface area contributed by atoms with Crippen LogP contribution in [0.5, 0.6) is 0 Å². The standard InChI is InChI=1S/C16H33N3O/c1-2-15(9-10-17)7-8-16(20)18-11-14-19-12-5-3-4-6-13-19/h15H,2-14,17H2,1H3,(H,18,20). The highest BCUT2D eigenvalue weighted by Gasteiger charge is 2.11. The number of likely N-dealkylation sites (tertiary alicyclic amines) is 1. The molecule has 1 atom stereocenters. The number of nitrogens with one attached hydrogen (secondary N) is 1. The van der Waals surface area contributed by atoms with Crippen LogP contribution in [-0.4, -0.2) is 43.5 Å². The Morgan fingerprint density at radius 1 is 1.20 bits per heavy atom. The Morgan fingerprint density at radius 3 is 2.50 bits per heavy atom. The van der Waals surface area contributed by atoms with Gasteiger partial charge in [-0.3, -0.25) is 4.79 Å². The molecule has 4 heteroatoms. The van der Waals surface area contributed by atoms with E-state index in [4.69, 9.17) is 5.73 Å². The molecule has 0 radical (unpaired) electrons. The van der Waals surface area contributed by atoms with Crippen LogP contribution in [0.3, 0.4) is 0 Å². The maximum absolute atomic E-state index is 11.8. The zero-order valence-electron chi connectivity index (χ0n) is 13.2. The van der Waals surface area contributed by atoms with Gasteiger partial charge in [0.05, 0.1) is 0 Å². The molecule has 118 valence electrons. The predicted molar refractivity (Wildman–Crippen MR) is 84.6 cm³/mol. The summed E-state index contributed by atoms with van der Waals surface area (Å²) in [6.45, 7) is 7.11. The number of carbonyl (C=O) groups excluding carboxylic acids is 1. The van der Waals surface area contributed by atoms with E-state index in [0.29, 0.717) is 12.3 Å². The summed E-state index contributed by atoms with van der Waals surface area (Å²) in [6, 6.07) is 0. The van der Waals surface area contributed by atoms with Gasteiger partial charge in [-0.2, -0.15) is 0 Å². The predicted octanol–water partition coefficient (Wildman–Crippen LogP) is 2.13. The molecule has 0 bridgehead atoms. The van der Waals surface area contributed by atoms with Crippen molar-refractivity contribution in [2.24, 2.45) is 11.7 Å². The summed E-state index contributed by atoms with van der Waals surface area (Å²) < 4.78 is 0. The first-order valence-electron chi connectivity index (χ1n) is 8.45. The first kappa shape index (κ1) is 17.4. The Hall–Kier alpha value is -0.610. The maximum Gasteiger partial charge on any atom is 0.220 e. The van der Waals surface area contributed by atoms with Gasteiger partial charge in [-0.05, 0) is 51.2 Å². The first-order valence-corrected chi connectivity index (χ1v) is 8.45. The minimum absolute atomic E-state index is 0.204. The highest BCUT2D eigenvalue weighted by Crippen LogP contribution is 2.14. The molecule has 4 nitrogen and oxygen atoms in total.